The number of carbonyl (C=O) groups excluding carboxylic acids is 1. The van der Waals surface area contributed by atoms with Gasteiger partial charge in [0, 0.05) is 37.2 Å². The largest absolute Gasteiger partial charge is 0.478 e. The summed E-state index contributed by atoms with van der Waals surface area (Å²) in [6.07, 6.45) is 2.26. The van der Waals surface area contributed by atoms with E-state index in [0.29, 0.717) is 44.6 Å². The van der Waals surface area contributed by atoms with Crippen LogP contribution >= 0.6 is 0 Å². The van der Waals surface area contributed by atoms with Crippen LogP contribution in [-0.4, -0.2) is 53.7 Å². The molecule has 6 nitrogen and oxygen atoms in total. The molecule has 1 atom stereocenters. The van der Waals surface area contributed by atoms with Crippen molar-refractivity contribution in [1.29, 1.82) is 0 Å². The summed E-state index contributed by atoms with van der Waals surface area (Å²) in [4.78, 5) is 24.2. The van der Waals surface area contributed by atoms with Crippen molar-refractivity contribution >= 4 is 5.91 Å². The molecular formula is C21H25N3O3. The van der Waals surface area contributed by atoms with Crippen LogP contribution in [0.4, 0.5) is 0 Å². The van der Waals surface area contributed by atoms with Gasteiger partial charge in [0.25, 0.3) is 0 Å². The fraction of sp³-hybridized carbons (Fsp3) is 0.476. The zero-order valence-corrected chi connectivity index (χ0v) is 15.7. The molecule has 2 aliphatic rings. The van der Waals surface area contributed by atoms with Crippen LogP contribution in [0, 0.1) is 5.92 Å². The number of ether oxygens (including phenoxy) is 2. The third kappa shape index (κ3) is 3.81. The molecule has 1 unspecified atom stereocenters. The summed E-state index contributed by atoms with van der Waals surface area (Å²) < 4.78 is 11.2. The first-order valence-corrected chi connectivity index (χ1v) is 9.70. The summed E-state index contributed by atoms with van der Waals surface area (Å²) in [5.74, 6) is 1.54. The van der Waals surface area contributed by atoms with E-state index in [0.717, 1.165) is 36.1 Å². The van der Waals surface area contributed by atoms with Gasteiger partial charge in [-0.25, -0.2) is 4.98 Å². The Kier molecular flexibility index (Phi) is 5.34. The fourth-order valence-corrected chi connectivity index (χ4v) is 3.75. The average Bonchev–Trinajstić information content (AvgIpc) is 3.15. The number of carbonyl (C=O) groups is 1. The highest BCUT2D eigenvalue weighted by Gasteiger charge is 2.30. The number of amides is 1. The zero-order chi connectivity index (χ0) is 18.6. The number of hydrogen-bond acceptors (Lipinski definition) is 5. The highest BCUT2D eigenvalue weighted by molar-refractivity contribution is 5.79. The molecule has 3 heterocycles. The molecule has 0 spiro atoms. The summed E-state index contributed by atoms with van der Waals surface area (Å²) >= 11 is 0. The Hall–Kier alpha value is -2.47. The maximum atomic E-state index is 12.8. The van der Waals surface area contributed by atoms with Crippen molar-refractivity contribution in [2.45, 2.75) is 26.2 Å². The smallest absolute Gasteiger partial charge is 0.228 e. The van der Waals surface area contributed by atoms with Gasteiger partial charge in [-0.1, -0.05) is 30.3 Å². The number of rotatable bonds is 4. The van der Waals surface area contributed by atoms with Crippen LogP contribution in [0.3, 0.4) is 0 Å². The second-order valence-electron chi connectivity index (χ2n) is 6.96. The van der Waals surface area contributed by atoms with E-state index < -0.39 is 0 Å². The van der Waals surface area contributed by atoms with Crippen molar-refractivity contribution in [3.8, 4) is 17.3 Å². The van der Waals surface area contributed by atoms with Crippen LogP contribution in [0.15, 0.2) is 30.3 Å². The number of fused-ring (bicyclic) bond motifs is 1. The predicted molar refractivity (Wildman–Crippen MR) is 102 cm³/mol. The Morgan fingerprint density at radius 1 is 1.22 bits per heavy atom. The highest BCUT2D eigenvalue weighted by Crippen LogP contribution is 2.28. The molecule has 6 heteroatoms. The zero-order valence-electron chi connectivity index (χ0n) is 15.7. The maximum absolute atomic E-state index is 12.8. The molecular weight excluding hydrogens is 342 g/mol. The van der Waals surface area contributed by atoms with Gasteiger partial charge in [0.1, 0.15) is 0 Å². The van der Waals surface area contributed by atoms with Crippen molar-refractivity contribution in [1.82, 2.24) is 14.9 Å². The van der Waals surface area contributed by atoms with E-state index in [1.807, 2.05) is 42.2 Å². The molecule has 2 aromatic rings. The molecule has 27 heavy (non-hydrogen) atoms. The summed E-state index contributed by atoms with van der Waals surface area (Å²) in [7, 11) is 0. The van der Waals surface area contributed by atoms with Crippen LogP contribution in [0.1, 0.15) is 24.6 Å². The minimum atomic E-state index is 0.00328. The Labute approximate surface area is 159 Å². The van der Waals surface area contributed by atoms with Gasteiger partial charge in [-0.15, -0.1) is 0 Å². The molecule has 1 amide bonds. The van der Waals surface area contributed by atoms with Crippen LogP contribution in [0.2, 0.25) is 0 Å². The predicted octanol–water partition coefficient (Wildman–Crippen LogP) is 2.51. The first-order chi connectivity index (χ1) is 13.3. The molecule has 1 aromatic heterocycles. The minimum Gasteiger partial charge on any atom is -0.478 e. The van der Waals surface area contributed by atoms with E-state index in [4.69, 9.17) is 14.5 Å². The summed E-state index contributed by atoms with van der Waals surface area (Å²) in [6.45, 7) is 5.11. The Morgan fingerprint density at radius 3 is 2.78 bits per heavy atom. The Bertz CT molecular complexity index is 804. The van der Waals surface area contributed by atoms with Crippen LogP contribution < -0.4 is 4.74 Å². The van der Waals surface area contributed by atoms with E-state index in [1.165, 1.54) is 0 Å². The number of benzene rings is 1. The molecule has 1 saturated heterocycles. The summed E-state index contributed by atoms with van der Waals surface area (Å²) in [5, 5.41) is 0. The molecule has 0 saturated carbocycles. The van der Waals surface area contributed by atoms with Gasteiger partial charge in [0.2, 0.25) is 11.8 Å². The van der Waals surface area contributed by atoms with Crippen molar-refractivity contribution in [3.63, 3.8) is 0 Å². The molecule has 0 radical (unpaired) electrons. The molecule has 4 rings (SSSR count). The molecule has 142 valence electrons. The lowest BCUT2D eigenvalue weighted by molar-refractivity contribution is -0.135. The average molecular weight is 367 g/mol. The normalized spacial score (nSPS) is 19.4. The lowest BCUT2D eigenvalue weighted by Crippen LogP contribution is -2.38. The maximum Gasteiger partial charge on any atom is 0.228 e. The second-order valence-corrected chi connectivity index (χ2v) is 6.96. The summed E-state index contributed by atoms with van der Waals surface area (Å²) in [6, 6.07) is 9.95. The van der Waals surface area contributed by atoms with Gasteiger partial charge in [0.15, 0.2) is 5.82 Å². The molecule has 1 fully saturated rings. The SMILES string of the molecule is CCOc1nc(-c2ccccc2)nc2c1CCN(C(=O)C1CCOC1)CC2. The fourth-order valence-electron chi connectivity index (χ4n) is 3.75. The van der Waals surface area contributed by atoms with Gasteiger partial charge in [-0.2, -0.15) is 4.98 Å². The van der Waals surface area contributed by atoms with Crippen LogP contribution in [-0.2, 0) is 22.4 Å². The Balaban J connectivity index is 1.61. The van der Waals surface area contributed by atoms with Crippen molar-refractivity contribution in [2.24, 2.45) is 5.92 Å². The third-order valence-electron chi connectivity index (χ3n) is 5.21. The van der Waals surface area contributed by atoms with Gasteiger partial charge in [-0.05, 0) is 19.8 Å². The molecule has 0 N–H and O–H groups in total. The number of hydrogen-bond donors (Lipinski definition) is 0. The first-order valence-electron chi connectivity index (χ1n) is 9.70. The van der Waals surface area contributed by atoms with Crippen molar-refractivity contribution in [2.75, 3.05) is 32.9 Å². The van der Waals surface area contributed by atoms with Crippen molar-refractivity contribution < 1.29 is 14.3 Å². The lowest BCUT2D eigenvalue weighted by atomic mass is 10.1. The van der Waals surface area contributed by atoms with E-state index in [2.05, 4.69) is 4.98 Å². The van der Waals surface area contributed by atoms with Crippen molar-refractivity contribution in [3.05, 3.63) is 41.6 Å². The van der Waals surface area contributed by atoms with E-state index in [9.17, 15) is 4.79 Å². The Morgan fingerprint density at radius 2 is 2.04 bits per heavy atom. The first kappa shape index (κ1) is 17.9. The van der Waals surface area contributed by atoms with E-state index in [-0.39, 0.29) is 11.8 Å². The van der Waals surface area contributed by atoms with Gasteiger partial charge < -0.3 is 14.4 Å². The minimum absolute atomic E-state index is 0.00328. The van der Waals surface area contributed by atoms with Gasteiger partial charge in [0.05, 0.1) is 24.8 Å². The standard InChI is InChI=1S/C21H25N3O3/c1-2-27-20-17-8-11-24(21(25)16-10-13-26-14-16)12-9-18(17)22-19(23-20)15-6-4-3-5-7-15/h3-7,16H,2,8-14H2,1H3. The monoisotopic (exact) mass is 367 g/mol. The van der Waals surface area contributed by atoms with Gasteiger partial charge >= 0.3 is 0 Å². The van der Waals surface area contributed by atoms with E-state index >= 15 is 0 Å². The van der Waals surface area contributed by atoms with E-state index in [1.54, 1.807) is 0 Å². The molecule has 2 aliphatic heterocycles. The van der Waals surface area contributed by atoms with Gasteiger partial charge in [-0.3, -0.25) is 4.79 Å². The topological polar surface area (TPSA) is 64.6 Å². The molecule has 0 bridgehead atoms. The second kappa shape index (κ2) is 8.05. The third-order valence-corrected chi connectivity index (χ3v) is 5.21. The lowest BCUT2D eigenvalue weighted by Gasteiger charge is -2.23. The quantitative estimate of drug-likeness (QED) is 0.831. The number of aromatic nitrogens is 2. The molecule has 1 aromatic carbocycles. The molecule has 0 aliphatic carbocycles. The van der Waals surface area contributed by atoms with Crippen LogP contribution in [0.25, 0.3) is 11.4 Å². The summed E-state index contributed by atoms with van der Waals surface area (Å²) in [5.41, 5.74) is 3.00. The number of nitrogens with zero attached hydrogens (tertiary/aromatic N) is 3. The van der Waals surface area contributed by atoms with Crippen LogP contribution in [0.5, 0.6) is 5.88 Å². The highest BCUT2D eigenvalue weighted by atomic mass is 16.5.